The second-order valence-electron chi connectivity index (χ2n) is 3.34. The summed E-state index contributed by atoms with van der Waals surface area (Å²) in [6.07, 6.45) is 0.628. The van der Waals surface area contributed by atoms with E-state index in [1.807, 2.05) is 30.3 Å². The van der Waals surface area contributed by atoms with E-state index in [1.54, 1.807) is 6.07 Å². The van der Waals surface area contributed by atoms with E-state index in [4.69, 9.17) is 0 Å². The van der Waals surface area contributed by atoms with E-state index in [-0.39, 0.29) is 0 Å². The summed E-state index contributed by atoms with van der Waals surface area (Å²) in [5, 5.41) is 0. The Kier molecular flexibility index (Phi) is 3.15. The zero-order chi connectivity index (χ0) is 11.5. The fourth-order valence-electron chi connectivity index (χ4n) is 1.54. The molecule has 0 N–H and O–H groups in total. The lowest BCUT2D eigenvalue weighted by molar-refractivity contribution is 0.112. The number of halogens is 2. The van der Waals surface area contributed by atoms with Crippen LogP contribution in [0.3, 0.4) is 0 Å². The SMILES string of the molecule is O=Cc1cc(F)c(-c2ccccc2)c(Br)c1. The molecular weight excluding hydrogens is 271 g/mol. The molecule has 0 aromatic heterocycles. The second kappa shape index (κ2) is 4.58. The summed E-state index contributed by atoms with van der Waals surface area (Å²) in [5.74, 6) is -0.400. The van der Waals surface area contributed by atoms with Gasteiger partial charge in [0, 0.05) is 15.6 Å². The Morgan fingerprint density at radius 2 is 1.81 bits per heavy atom. The minimum absolute atomic E-state index is 0.323. The van der Waals surface area contributed by atoms with Gasteiger partial charge in [-0.05, 0) is 17.7 Å². The van der Waals surface area contributed by atoms with E-state index < -0.39 is 5.82 Å². The molecule has 0 heterocycles. The van der Waals surface area contributed by atoms with E-state index in [9.17, 15) is 9.18 Å². The molecule has 0 saturated carbocycles. The van der Waals surface area contributed by atoms with Crippen molar-refractivity contribution in [3.05, 3.63) is 58.3 Å². The highest BCUT2D eigenvalue weighted by Gasteiger charge is 2.10. The van der Waals surface area contributed by atoms with E-state index >= 15 is 0 Å². The maximum atomic E-state index is 13.8. The highest BCUT2D eigenvalue weighted by molar-refractivity contribution is 9.10. The van der Waals surface area contributed by atoms with Crippen LogP contribution < -0.4 is 0 Å². The maximum absolute atomic E-state index is 13.8. The molecule has 0 radical (unpaired) electrons. The van der Waals surface area contributed by atoms with Crippen LogP contribution in [0.15, 0.2) is 46.9 Å². The van der Waals surface area contributed by atoms with Crippen molar-refractivity contribution < 1.29 is 9.18 Å². The summed E-state index contributed by atoms with van der Waals surface area (Å²) >= 11 is 3.28. The first kappa shape index (κ1) is 11.0. The third-order valence-corrected chi connectivity index (χ3v) is 2.89. The minimum atomic E-state index is -0.400. The summed E-state index contributed by atoms with van der Waals surface area (Å²) in [5.41, 5.74) is 1.58. The molecule has 0 spiro atoms. The number of benzene rings is 2. The van der Waals surface area contributed by atoms with Crippen molar-refractivity contribution in [2.45, 2.75) is 0 Å². The first-order valence-corrected chi connectivity index (χ1v) is 5.51. The molecule has 0 saturated heterocycles. The number of carbonyl (C=O) groups is 1. The Balaban J connectivity index is 2.62. The van der Waals surface area contributed by atoms with E-state index in [0.717, 1.165) is 5.56 Å². The van der Waals surface area contributed by atoms with Crippen LogP contribution in [0.5, 0.6) is 0 Å². The molecule has 0 bridgehead atoms. The van der Waals surface area contributed by atoms with Crippen LogP contribution in [0.1, 0.15) is 10.4 Å². The Hall–Kier alpha value is -1.48. The van der Waals surface area contributed by atoms with Gasteiger partial charge in [-0.15, -0.1) is 0 Å². The van der Waals surface area contributed by atoms with Crippen molar-refractivity contribution in [1.82, 2.24) is 0 Å². The summed E-state index contributed by atoms with van der Waals surface area (Å²) in [6.45, 7) is 0. The van der Waals surface area contributed by atoms with Gasteiger partial charge in [0.15, 0.2) is 0 Å². The van der Waals surface area contributed by atoms with Gasteiger partial charge >= 0.3 is 0 Å². The average molecular weight is 279 g/mol. The second-order valence-corrected chi connectivity index (χ2v) is 4.20. The first-order valence-electron chi connectivity index (χ1n) is 4.72. The van der Waals surface area contributed by atoms with E-state index in [1.165, 1.54) is 6.07 Å². The van der Waals surface area contributed by atoms with E-state index in [0.29, 0.717) is 21.9 Å². The van der Waals surface area contributed by atoms with Crippen molar-refractivity contribution in [1.29, 1.82) is 0 Å². The highest BCUT2D eigenvalue weighted by Crippen LogP contribution is 2.31. The lowest BCUT2D eigenvalue weighted by atomic mass is 10.0. The van der Waals surface area contributed by atoms with Crippen molar-refractivity contribution in [2.24, 2.45) is 0 Å². The standard InChI is InChI=1S/C13H8BrFO/c14-11-6-9(8-16)7-12(15)13(11)10-4-2-1-3-5-10/h1-8H. The van der Waals surface area contributed by atoms with Gasteiger partial charge in [-0.25, -0.2) is 4.39 Å². The summed E-state index contributed by atoms with van der Waals surface area (Å²) < 4.78 is 14.4. The fraction of sp³-hybridized carbons (Fsp3) is 0. The highest BCUT2D eigenvalue weighted by atomic mass is 79.9. The molecule has 0 amide bonds. The Morgan fingerprint density at radius 1 is 1.12 bits per heavy atom. The van der Waals surface area contributed by atoms with Gasteiger partial charge < -0.3 is 0 Å². The molecule has 80 valence electrons. The zero-order valence-electron chi connectivity index (χ0n) is 8.28. The third kappa shape index (κ3) is 2.04. The number of rotatable bonds is 2. The topological polar surface area (TPSA) is 17.1 Å². The molecule has 0 unspecified atom stereocenters. The largest absolute Gasteiger partial charge is 0.298 e. The molecule has 0 fully saturated rings. The van der Waals surface area contributed by atoms with Crippen LogP contribution in [0.25, 0.3) is 11.1 Å². The lowest BCUT2D eigenvalue weighted by Gasteiger charge is -2.07. The molecule has 0 atom stereocenters. The van der Waals surface area contributed by atoms with Crippen LogP contribution in [0.2, 0.25) is 0 Å². The molecule has 0 aliphatic rings. The third-order valence-electron chi connectivity index (χ3n) is 2.26. The van der Waals surface area contributed by atoms with Crippen LogP contribution in [-0.4, -0.2) is 6.29 Å². The first-order chi connectivity index (χ1) is 7.72. The number of hydrogen-bond donors (Lipinski definition) is 0. The van der Waals surface area contributed by atoms with E-state index in [2.05, 4.69) is 15.9 Å². The van der Waals surface area contributed by atoms with Gasteiger partial charge in [0.2, 0.25) is 0 Å². The fourth-order valence-corrected chi connectivity index (χ4v) is 2.22. The summed E-state index contributed by atoms with van der Waals surface area (Å²) in [4.78, 5) is 10.6. The van der Waals surface area contributed by atoms with Crippen LogP contribution in [-0.2, 0) is 0 Å². The number of aldehydes is 1. The van der Waals surface area contributed by atoms with Gasteiger partial charge in [0.05, 0.1) is 0 Å². The number of hydrogen-bond acceptors (Lipinski definition) is 1. The summed E-state index contributed by atoms with van der Waals surface area (Å²) in [6, 6.07) is 12.0. The van der Waals surface area contributed by atoms with Gasteiger partial charge in [-0.1, -0.05) is 46.3 Å². The normalized spacial score (nSPS) is 10.1. The van der Waals surface area contributed by atoms with Crippen LogP contribution in [0, 0.1) is 5.82 Å². The molecule has 0 aliphatic carbocycles. The molecule has 2 aromatic rings. The Bertz CT molecular complexity index is 500. The molecule has 1 nitrogen and oxygen atoms in total. The molecule has 0 aliphatic heterocycles. The summed E-state index contributed by atoms with van der Waals surface area (Å²) in [7, 11) is 0. The molecule has 2 aromatic carbocycles. The number of carbonyl (C=O) groups excluding carboxylic acids is 1. The minimum Gasteiger partial charge on any atom is -0.298 e. The van der Waals surface area contributed by atoms with Gasteiger partial charge in [-0.2, -0.15) is 0 Å². The molecule has 16 heavy (non-hydrogen) atoms. The van der Waals surface area contributed by atoms with Crippen molar-refractivity contribution in [3.8, 4) is 11.1 Å². The molecule has 2 rings (SSSR count). The van der Waals surface area contributed by atoms with Crippen LogP contribution in [0.4, 0.5) is 4.39 Å². The van der Waals surface area contributed by atoms with Gasteiger partial charge in [0.25, 0.3) is 0 Å². The Labute approximate surface area is 101 Å². The predicted molar refractivity (Wildman–Crippen MR) is 64.9 cm³/mol. The van der Waals surface area contributed by atoms with Crippen LogP contribution >= 0.6 is 15.9 Å². The molecule has 3 heteroatoms. The van der Waals surface area contributed by atoms with Crippen molar-refractivity contribution in [3.63, 3.8) is 0 Å². The lowest BCUT2D eigenvalue weighted by Crippen LogP contribution is -1.90. The van der Waals surface area contributed by atoms with Crippen molar-refractivity contribution >= 4 is 22.2 Å². The quantitative estimate of drug-likeness (QED) is 0.757. The average Bonchev–Trinajstić information content (AvgIpc) is 2.29. The maximum Gasteiger partial charge on any atom is 0.150 e. The van der Waals surface area contributed by atoms with Gasteiger partial charge in [0.1, 0.15) is 12.1 Å². The van der Waals surface area contributed by atoms with Crippen molar-refractivity contribution in [2.75, 3.05) is 0 Å². The smallest absolute Gasteiger partial charge is 0.150 e. The Morgan fingerprint density at radius 3 is 2.38 bits per heavy atom. The molecular formula is C13H8BrFO. The van der Waals surface area contributed by atoms with Gasteiger partial charge in [-0.3, -0.25) is 4.79 Å². The predicted octanol–water partition coefficient (Wildman–Crippen LogP) is 4.07. The zero-order valence-corrected chi connectivity index (χ0v) is 9.87. The monoisotopic (exact) mass is 278 g/mol.